The van der Waals surface area contributed by atoms with E-state index in [1.54, 1.807) is 24.7 Å². The summed E-state index contributed by atoms with van der Waals surface area (Å²) in [6.45, 7) is 7.19. The molecule has 3 heterocycles. The summed E-state index contributed by atoms with van der Waals surface area (Å²) < 4.78 is 18.7. The normalized spacial score (nSPS) is 12.0. The van der Waals surface area contributed by atoms with Crippen molar-refractivity contribution < 1.29 is 13.6 Å². The second-order valence-corrected chi connectivity index (χ2v) is 6.43. The Hall–Kier alpha value is -3.22. The van der Waals surface area contributed by atoms with E-state index in [-0.39, 0.29) is 17.6 Å². The van der Waals surface area contributed by atoms with E-state index >= 15 is 0 Å². The van der Waals surface area contributed by atoms with Gasteiger partial charge in [-0.2, -0.15) is 0 Å². The molecule has 28 heavy (non-hydrogen) atoms. The molecule has 0 saturated heterocycles. The molecule has 0 fully saturated rings. The van der Waals surface area contributed by atoms with E-state index in [0.29, 0.717) is 41.7 Å². The molecule has 6 nitrogen and oxygen atoms in total. The fraction of sp³-hybridized carbons (Fsp3) is 0.286. The molecule has 0 amide bonds. The second kappa shape index (κ2) is 8.65. The molecule has 0 aliphatic heterocycles. The van der Waals surface area contributed by atoms with Crippen LogP contribution in [-0.2, 0) is 12.8 Å². The SMILES string of the molecule is C=C(CCc1cccnc1)C(=O)c1cc(-c2nnc(C(C)F)o2)cnc1CC. The zero-order valence-corrected chi connectivity index (χ0v) is 15.9. The fourth-order valence-electron chi connectivity index (χ4n) is 2.75. The molecule has 1 atom stereocenters. The Bertz CT molecular complexity index is 983. The molecule has 3 rings (SSSR count). The summed E-state index contributed by atoms with van der Waals surface area (Å²) in [7, 11) is 0. The first-order chi connectivity index (χ1) is 13.5. The zero-order chi connectivity index (χ0) is 20.1. The predicted octanol–water partition coefficient (Wildman–Crippen LogP) is 4.49. The highest BCUT2D eigenvalue weighted by atomic mass is 19.1. The van der Waals surface area contributed by atoms with Crippen molar-refractivity contribution in [3.8, 4) is 11.5 Å². The van der Waals surface area contributed by atoms with Gasteiger partial charge in [0.25, 0.3) is 5.89 Å². The van der Waals surface area contributed by atoms with Crippen molar-refractivity contribution >= 4 is 5.78 Å². The largest absolute Gasteiger partial charge is 0.417 e. The number of Topliss-reactive ketones (excluding diaryl/α,β-unsaturated/α-hetero) is 1. The van der Waals surface area contributed by atoms with Crippen LogP contribution in [-0.4, -0.2) is 25.9 Å². The highest BCUT2D eigenvalue weighted by molar-refractivity contribution is 6.09. The standard InChI is InChI=1S/C21H21FN4O2/c1-4-18-17(19(27)13(2)7-8-15-6-5-9-23-11-15)10-16(12-24-18)21-26-25-20(28-21)14(3)22/h5-6,9-12,14H,2,4,7-8H2,1,3H3. The molecule has 0 spiro atoms. The van der Waals surface area contributed by atoms with E-state index in [9.17, 15) is 9.18 Å². The monoisotopic (exact) mass is 380 g/mol. The molecule has 7 heteroatoms. The van der Waals surface area contributed by atoms with E-state index in [2.05, 4.69) is 26.7 Å². The van der Waals surface area contributed by atoms with Gasteiger partial charge in [0.05, 0.1) is 11.3 Å². The first kappa shape index (κ1) is 19.5. The third-order valence-electron chi connectivity index (χ3n) is 4.34. The van der Waals surface area contributed by atoms with Crippen LogP contribution in [0.4, 0.5) is 4.39 Å². The number of nitrogens with zero attached hydrogens (tertiary/aromatic N) is 4. The number of allylic oxidation sites excluding steroid dienone is 1. The Morgan fingerprint density at radius 3 is 2.79 bits per heavy atom. The van der Waals surface area contributed by atoms with Crippen molar-refractivity contribution in [3.05, 3.63) is 71.7 Å². The maximum absolute atomic E-state index is 13.3. The van der Waals surface area contributed by atoms with Gasteiger partial charge in [-0.05, 0) is 49.5 Å². The lowest BCUT2D eigenvalue weighted by Gasteiger charge is -2.10. The summed E-state index contributed by atoms with van der Waals surface area (Å²) in [5.74, 6) is -0.151. The summed E-state index contributed by atoms with van der Waals surface area (Å²) in [6.07, 6.45) is 5.45. The number of aryl methyl sites for hydroxylation is 2. The Morgan fingerprint density at radius 2 is 2.14 bits per heavy atom. The van der Waals surface area contributed by atoms with Crippen molar-refractivity contribution in [2.75, 3.05) is 0 Å². The van der Waals surface area contributed by atoms with E-state index in [4.69, 9.17) is 4.42 Å². The maximum atomic E-state index is 13.3. The van der Waals surface area contributed by atoms with Gasteiger partial charge in [0.15, 0.2) is 12.0 Å². The van der Waals surface area contributed by atoms with Crippen LogP contribution in [0.25, 0.3) is 11.5 Å². The molecule has 0 aromatic carbocycles. The van der Waals surface area contributed by atoms with Crippen LogP contribution in [0, 0.1) is 0 Å². The topological polar surface area (TPSA) is 81.8 Å². The molecule has 0 bridgehead atoms. The molecule has 144 valence electrons. The highest BCUT2D eigenvalue weighted by Gasteiger charge is 2.19. The number of pyridine rings is 2. The van der Waals surface area contributed by atoms with Crippen LogP contribution in [0.5, 0.6) is 0 Å². The first-order valence-electron chi connectivity index (χ1n) is 9.07. The Labute approximate surface area is 162 Å². The molecule has 0 aliphatic carbocycles. The van der Waals surface area contributed by atoms with Gasteiger partial charge in [-0.3, -0.25) is 14.8 Å². The lowest BCUT2D eigenvalue weighted by atomic mass is 9.96. The van der Waals surface area contributed by atoms with Gasteiger partial charge in [0.1, 0.15) is 0 Å². The van der Waals surface area contributed by atoms with E-state index in [1.807, 2.05) is 19.1 Å². The van der Waals surface area contributed by atoms with E-state index < -0.39 is 6.17 Å². The molecule has 3 aromatic heterocycles. The summed E-state index contributed by atoms with van der Waals surface area (Å²) in [6, 6.07) is 5.48. The Kier molecular flexibility index (Phi) is 6.03. The number of carbonyl (C=O) groups is 1. The molecule has 0 N–H and O–H groups in total. The average Bonchev–Trinajstić information content (AvgIpc) is 3.22. The van der Waals surface area contributed by atoms with Crippen molar-refractivity contribution in [1.29, 1.82) is 0 Å². The van der Waals surface area contributed by atoms with E-state index in [1.165, 1.54) is 6.92 Å². The summed E-state index contributed by atoms with van der Waals surface area (Å²) in [5, 5.41) is 7.53. The lowest BCUT2D eigenvalue weighted by molar-refractivity contribution is 0.103. The average molecular weight is 380 g/mol. The number of ketones is 1. The number of carbonyl (C=O) groups excluding carboxylic acids is 1. The van der Waals surface area contributed by atoms with Gasteiger partial charge in [0, 0.05) is 24.2 Å². The minimum atomic E-state index is -1.36. The van der Waals surface area contributed by atoms with Gasteiger partial charge in [-0.25, -0.2) is 4.39 Å². The smallest absolute Gasteiger partial charge is 0.250 e. The lowest BCUT2D eigenvalue weighted by Crippen LogP contribution is -2.09. The van der Waals surface area contributed by atoms with Crippen molar-refractivity contribution in [2.24, 2.45) is 0 Å². The van der Waals surface area contributed by atoms with Crippen LogP contribution >= 0.6 is 0 Å². The van der Waals surface area contributed by atoms with Gasteiger partial charge in [0.2, 0.25) is 5.89 Å². The van der Waals surface area contributed by atoms with Crippen molar-refractivity contribution in [3.63, 3.8) is 0 Å². The minimum absolute atomic E-state index is 0.108. The summed E-state index contributed by atoms with van der Waals surface area (Å²) >= 11 is 0. The fourth-order valence-corrected chi connectivity index (χ4v) is 2.75. The Balaban J connectivity index is 1.82. The molecular weight excluding hydrogens is 359 g/mol. The van der Waals surface area contributed by atoms with Gasteiger partial charge in [-0.1, -0.05) is 19.6 Å². The number of alkyl halides is 1. The molecule has 1 unspecified atom stereocenters. The minimum Gasteiger partial charge on any atom is -0.417 e. The number of aromatic nitrogens is 4. The van der Waals surface area contributed by atoms with Gasteiger partial charge in [-0.15, -0.1) is 10.2 Å². The highest BCUT2D eigenvalue weighted by Crippen LogP contribution is 2.25. The third kappa shape index (κ3) is 4.36. The Morgan fingerprint density at radius 1 is 1.32 bits per heavy atom. The number of hydrogen-bond acceptors (Lipinski definition) is 6. The van der Waals surface area contributed by atoms with Crippen LogP contribution in [0.2, 0.25) is 0 Å². The van der Waals surface area contributed by atoms with E-state index in [0.717, 1.165) is 5.56 Å². The molecule has 0 aliphatic rings. The number of halogens is 1. The molecule has 0 saturated carbocycles. The first-order valence-corrected chi connectivity index (χ1v) is 9.07. The summed E-state index contributed by atoms with van der Waals surface area (Å²) in [5.41, 5.74) is 3.11. The zero-order valence-electron chi connectivity index (χ0n) is 15.9. The molecular formula is C21H21FN4O2. The quantitative estimate of drug-likeness (QED) is 0.423. The predicted molar refractivity (Wildman–Crippen MR) is 102 cm³/mol. The van der Waals surface area contributed by atoms with Gasteiger partial charge < -0.3 is 4.42 Å². The van der Waals surface area contributed by atoms with Crippen LogP contribution in [0.3, 0.4) is 0 Å². The number of rotatable bonds is 8. The second-order valence-electron chi connectivity index (χ2n) is 6.43. The van der Waals surface area contributed by atoms with Gasteiger partial charge >= 0.3 is 0 Å². The molecule has 0 radical (unpaired) electrons. The summed E-state index contributed by atoms with van der Waals surface area (Å²) in [4.78, 5) is 21.4. The molecule has 3 aromatic rings. The van der Waals surface area contributed by atoms with Crippen LogP contribution in [0.1, 0.15) is 53.9 Å². The van der Waals surface area contributed by atoms with Crippen molar-refractivity contribution in [2.45, 2.75) is 39.3 Å². The third-order valence-corrected chi connectivity index (χ3v) is 4.34. The number of hydrogen-bond donors (Lipinski definition) is 0. The van der Waals surface area contributed by atoms with Crippen LogP contribution in [0.15, 0.2) is 53.4 Å². The maximum Gasteiger partial charge on any atom is 0.250 e. The van der Waals surface area contributed by atoms with Crippen molar-refractivity contribution in [1.82, 2.24) is 20.2 Å². The van der Waals surface area contributed by atoms with Crippen LogP contribution < -0.4 is 0 Å².